The Bertz CT molecular complexity index is 309. The van der Waals surface area contributed by atoms with Crippen molar-refractivity contribution in [2.45, 2.75) is 26.4 Å². The second kappa shape index (κ2) is 11.1. The van der Waals surface area contributed by atoms with E-state index in [1.807, 2.05) is 0 Å². The molecule has 9 heteroatoms. The van der Waals surface area contributed by atoms with Gasteiger partial charge in [-0.3, -0.25) is 4.52 Å². The summed E-state index contributed by atoms with van der Waals surface area (Å²) in [5.74, 6) is -0.616. The molecular weight excluding hydrogens is 279 g/mol. The van der Waals surface area contributed by atoms with Crippen LogP contribution in [-0.4, -0.2) is 51.9 Å². The van der Waals surface area contributed by atoms with Crippen molar-refractivity contribution in [2.75, 3.05) is 19.8 Å². The number of hydrogen-bond donors (Lipinski definition) is 4. The molecule has 0 aliphatic heterocycles. The third-order valence-electron chi connectivity index (χ3n) is 1.47. The summed E-state index contributed by atoms with van der Waals surface area (Å²) in [5.41, 5.74) is 0.219. The van der Waals surface area contributed by atoms with Crippen molar-refractivity contribution in [3.05, 3.63) is 12.2 Å². The fourth-order valence-corrected chi connectivity index (χ4v) is 0.913. The van der Waals surface area contributed by atoms with Gasteiger partial charge in [0.2, 0.25) is 0 Å². The molecule has 1 unspecified atom stereocenters. The lowest BCUT2D eigenvalue weighted by Crippen LogP contribution is -2.10. The maximum Gasteiger partial charge on any atom is 0.469 e. The van der Waals surface area contributed by atoms with Crippen LogP contribution in [-0.2, 0) is 18.6 Å². The van der Waals surface area contributed by atoms with Gasteiger partial charge in [0.1, 0.15) is 6.61 Å². The number of rotatable bonds is 7. The average Bonchev–Trinajstić information content (AvgIpc) is 2.23. The van der Waals surface area contributed by atoms with Crippen molar-refractivity contribution in [1.82, 2.24) is 0 Å². The van der Waals surface area contributed by atoms with Crippen molar-refractivity contribution in [3.63, 3.8) is 0 Å². The molecule has 114 valence electrons. The molecule has 19 heavy (non-hydrogen) atoms. The Hall–Kier alpha value is -0.760. The Kier molecular flexibility index (Phi) is 12.0. The molecule has 0 saturated heterocycles. The van der Waals surface area contributed by atoms with Gasteiger partial charge in [-0.25, -0.2) is 9.36 Å². The molecule has 4 N–H and O–H groups in total. The number of aliphatic hydroxyl groups excluding tert-OH is 2. The summed E-state index contributed by atoms with van der Waals surface area (Å²) >= 11 is 0. The number of carbonyl (C=O) groups excluding carboxylic acids is 1. The van der Waals surface area contributed by atoms with Gasteiger partial charge in [0.25, 0.3) is 0 Å². The van der Waals surface area contributed by atoms with Crippen molar-refractivity contribution in [1.29, 1.82) is 0 Å². The third kappa shape index (κ3) is 19.7. The summed E-state index contributed by atoms with van der Waals surface area (Å²) in [6, 6.07) is 0. The molecule has 0 heterocycles. The molecule has 0 spiro atoms. The fourth-order valence-electron chi connectivity index (χ4n) is 0.601. The van der Waals surface area contributed by atoms with Gasteiger partial charge in [-0.2, -0.15) is 0 Å². The molecule has 1 atom stereocenters. The van der Waals surface area contributed by atoms with Crippen LogP contribution in [0.4, 0.5) is 0 Å². The number of phosphoric acid groups is 1. The molecule has 0 fully saturated rings. The lowest BCUT2D eigenvalue weighted by atomic mass is 10.3. The first-order valence-electron chi connectivity index (χ1n) is 5.41. The van der Waals surface area contributed by atoms with Crippen molar-refractivity contribution in [3.8, 4) is 0 Å². The van der Waals surface area contributed by atoms with Crippen LogP contribution in [0.2, 0.25) is 0 Å². The highest BCUT2D eigenvalue weighted by molar-refractivity contribution is 7.46. The van der Waals surface area contributed by atoms with Gasteiger partial charge in [-0.1, -0.05) is 6.58 Å². The van der Waals surface area contributed by atoms with Crippen LogP contribution in [0.3, 0.4) is 0 Å². The number of esters is 1. The smallest absolute Gasteiger partial charge is 0.460 e. The molecule has 0 aromatic rings. The molecule has 0 aromatic heterocycles. The lowest BCUT2D eigenvalue weighted by Gasteiger charge is -2.05. The quantitative estimate of drug-likeness (QED) is 0.223. The van der Waals surface area contributed by atoms with E-state index < -0.39 is 13.8 Å². The number of ether oxygens (including phenoxy) is 1. The van der Waals surface area contributed by atoms with Gasteiger partial charge in [-0.15, -0.1) is 0 Å². The third-order valence-corrected chi connectivity index (χ3v) is 1.99. The summed E-state index contributed by atoms with van der Waals surface area (Å²) in [6.07, 6.45) is 0.134. The van der Waals surface area contributed by atoms with Crippen LogP contribution in [0, 0.1) is 0 Å². The van der Waals surface area contributed by atoms with Crippen LogP contribution in [0.1, 0.15) is 20.3 Å². The first-order valence-corrected chi connectivity index (χ1v) is 6.94. The number of carbonyl (C=O) groups is 1. The Morgan fingerprint density at radius 1 is 1.37 bits per heavy atom. The first kappa shape index (κ1) is 20.6. The molecule has 0 aliphatic rings. The zero-order valence-electron chi connectivity index (χ0n) is 11.0. The fraction of sp³-hybridized carbons (Fsp3) is 0.700. The molecule has 0 amide bonds. The number of aliphatic hydroxyl groups is 2. The molecule has 0 radical (unpaired) electrons. The van der Waals surface area contributed by atoms with E-state index in [9.17, 15) is 9.36 Å². The average molecular weight is 300 g/mol. The normalized spacial score (nSPS) is 12.1. The van der Waals surface area contributed by atoms with E-state index in [0.29, 0.717) is 6.42 Å². The van der Waals surface area contributed by atoms with Crippen LogP contribution in [0.5, 0.6) is 0 Å². The highest BCUT2D eigenvalue weighted by atomic mass is 31.2. The predicted molar refractivity (Wildman–Crippen MR) is 67.2 cm³/mol. The van der Waals surface area contributed by atoms with Gasteiger partial charge >= 0.3 is 13.8 Å². The molecule has 0 bridgehead atoms. The maximum atomic E-state index is 10.7. The van der Waals surface area contributed by atoms with Gasteiger partial charge in [0.15, 0.2) is 0 Å². The minimum Gasteiger partial charge on any atom is -0.460 e. The Morgan fingerprint density at radius 2 is 1.89 bits per heavy atom. The van der Waals surface area contributed by atoms with Crippen LogP contribution >= 0.6 is 7.82 Å². The minimum absolute atomic E-state index is 0.0810. The van der Waals surface area contributed by atoms with Crippen molar-refractivity contribution >= 4 is 13.8 Å². The monoisotopic (exact) mass is 300 g/mol. The SMILES string of the molecule is C=C(C)C(=O)OCCOP(=O)(O)O.CC(O)CCO. The molecule has 0 aliphatic carbocycles. The number of hydrogen-bond acceptors (Lipinski definition) is 6. The lowest BCUT2D eigenvalue weighted by molar-refractivity contribution is -0.139. The van der Waals surface area contributed by atoms with Gasteiger partial charge < -0.3 is 24.7 Å². The van der Waals surface area contributed by atoms with Gasteiger partial charge in [0, 0.05) is 12.2 Å². The summed E-state index contributed by atoms with van der Waals surface area (Å²) < 4.78 is 18.6. The zero-order chi connectivity index (χ0) is 15.5. The second-order valence-electron chi connectivity index (χ2n) is 3.60. The van der Waals surface area contributed by atoms with E-state index in [1.54, 1.807) is 6.92 Å². The van der Waals surface area contributed by atoms with Crippen LogP contribution in [0.15, 0.2) is 12.2 Å². The Balaban J connectivity index is 0. The van der Waals surface area contributed by atoms with E-state index in [2.05, 4.69) is 15.8 Å². The summed E-state index contributed by atoms with van der Waals surface area (Å²) in [4.78, 5) is 27.1. The van der Waals surface area contributed by atoms with E-state index in [1.165, 1.54) is 6.92 Å². The van der Waals surface area contributed by atoms with Crippen molar-refractivity contribution in [2.24, 2.45) is 0 Å². The van der Waals surface area contributed by atoms with Gasteiger partial charge in [-0.05, 0) is 20.3 Å². The number of phosphoric ester groups is 1. The highest BCUT2D eigenvalue weighted by Crippen LogP contribution is 2.35. The van der Waals surface area contributed by atoms with Gasteiger partial charge in [0.05, 0.1) is 12.7 Å². The van der Waals surface area contributed by atoms with E-state index in [-0.39, 0.29) is 31.5 Å². The largest absolute Gasteiger partial charge is 0.469 e. The summed E-state index contributed by atoms with van der Waals surface area (Å²) in [6.45, 7) is 5.95. The second-order valence-corrected chi connectivity index (χ2v) is 4.84. The Morgan fingerprint density at radius 3 is 2.16 bits per heavy atom. The zero-order valence-corrected chi connectivity index (χ0v) is 11.9. The molecular formula is C10H21O8P. The molecule has 0 saturated carbocycles. The van der Waals surface area contributed by atoms with E-state index in [0.717, 1.165) is 0 Å². The molecule has 8 nitrogen and oxygen atoms in total. The summed E-state index contributed by atoms with van der Waals surface area (Å²) in [7, 11) is -4.46. The van der Waals surface area contributed by atoms with E-state index >= 15 is 0 Å². The van der Waals surface area contributed by atoms with Crippen LogP contribution < -0.4 is 0 Å². The predicted octanol–water partition coefficient (Wildman–Crippen LogP) is -0.0354. The summed E-state index contributed by atoms with van der Waals surface area (Å²) in [5, 5.41) is 16.5. The maximum absolute atomic E-state index is 10.7. The van der Waals surface area contributed by atoms with Crippen molar-refractivity contribution < 1.29 is 38.6 Å². The molecule has 0 aromatic carbocycles. The standard InChI is InChI=1S/C6H11O6P.C4H10O2/c1-5(2)6(7)11-3-4-12-13(8,9)10;1-4(6)2-3-5/h1,3-4H2,2H3,(H2,8,9,10);4-6H,2-3H2,1H3. The van der Waals surface area contributed by atoms with E-state index in [4.69, 9.17) is 20.0 Å². The minimum atomic E-state index is -4.46. The van der Waals surface area contributed by atoms with Crippen LogP contribution in [0.25, 0.3) is 0 Å². The highest BCUT2D eigenvalue weighted by Gasteiger charge is 2.13. The Labute approximate surface area is 111 Å². The topological polar surface area (TPSA) is 134 Å². The molecule has 0 rings (SSSR count). The first-order chi connectivity index (χ1) is 8.60.